The van der Waals surface area contributed by atoms with Crippen molar-refractivity contribution < 1.29 is 14.3 Å². The molecule has 0 amide bonds. The maximum Gasteiger partial charge on any atom is 0.340 e. The van der Waals surface area contributed by atoms with Crippen molar-refractivity contribution in [1.29, 1.82) is 0 Å². The SMILES string of the molecule is COC(=O)c1cc(Oc2c(C)ccc(C)c2C)ccc1N. The normalized spacial score (nSPS) is 10.3. The zero-order chi connectivity index (χ0) is 15.6. The van der Waals surface area contributed by atoms with Crippen molar-refractivity contribution >= 4 is 11.7 Å². The molecule has 21 heavy (non-hydrogen) atoms. The fraction of sp³-hybridized carbons (Fsp3) is 0.235. The van der Waals surface area contributed by atoms with Gasteiger partial charge in [0.15, 0.2) is 0 Å². The van der Waals surface area contributed by atoms with Gasteiger partial charge in [-0.15, -0.1) is 0 Å². The molecule has 2 aromatic rings. The summed E-state index contributed by atoms with van der Waals surface area (Å²) in [5.74, 6) is 0.882. The quantitative estimate of drug-likeness (QED) is 0.688. The van der Waals surface area contributed by atoms with E-state index in [4.69, 9.17) is 15.2 Å². The van der Waals surface area contributed by atoms with Gasteiger partial charge in [-0.25, -0.2) is 4.79 Å². The molecule has 0 saturated carbocycles. The first kappa shape index (κ1) is 14.9. The third-order valence-corrected chi connectivity index (χ3v) is 3.52. The van der Waals surface area contributed by atoms with Gasteiger partial charge in [0.2, 0.25) is 0 Å². The molecule has 0 spiro atoms. The number of esters is 1. The molecule has 0 radical (unpaired) electrons. The minimum absolute atomic E-state index is 0.304. The minimum Gasteiger partial charge on any atom is -0.465 e. The van der Waals surface area contributed by atoms with Crippen molar-refractivity contribution in [2.45, 2.75) is 20.8 Å². The maximum atomic E-state index is 11.7. The summed E-state index contributed by atoms with van der Waals surface area (Å²) in [4.78, 5) is 11.7. The van der Waals surface area contributed by atoms with Crippen LogP contribution in [0.3, 0.4) is 0 Å². The number of methoxy groups -OCH3 is 1. The number of ether oxygens (including phenoxy) is 2. The van der Waals surface area contributed by atoms with E-state index in [1.807, 2.05) is 26.8 Å². The number of hydrogen-bond acceptors (Lipinski definition) is 4. The Kier molecular flexibility index (Phi) is 4.17. The van der Waals surface area contributed by atoms with E-state index in [1.54, 1.807) is 18.2 Å². The average Bonchev–Trinajstić information content (AvgIpc) is 2.48. The predicted molar refractivity (Wildman–Crippen MR) is 82.9 cm³/mol. The number of aryl methyl sites for hydroxylation is 2. The van der Waals surface area contributed by atoms with Gasteiger partial charge < -0.3 is 15.2 Å². The second-order valence-corrected chi connectivity index (χ2v) is 5.00. The Morgan fingerprint density at radius 3 is 2.38 bits per heavy atom. The van der Waals surface area contributed by atoms with Crippen LogP contribution in [0.1, 0.15) is 27.0 Å². The third kappa shape index (κ3) is 2.99. The number of nitrogens with two attached hydrogens (primary N) is 1. The molecule has 2 rings (SSSR count). The lowest BCUT2D eigenvalue weighted by Crippen LogP contribution is -2.05. The summed E-state index contributed by atoms with van der Waals surface area (Å²) in [5, 5.41) is 0. The zero-order valence-corrected chi connectivity index (χ0v) is 12.7. The van der Waals surface area contributed by atoms with E-state index in [-0.39, 0.29) is 0 Å². The molecule has 0 fully saturated rings. The lowest BCUT2D eigenvalue weighted by molar-refractivity contribution is 0.0601. The molecular formula is C17H19NO3. The van der Waals surface area contributed by atoms with Crippen LogP contribution in [0, 0.1) is 20.8 Å². The summed E-state index contributed by atoms with van der Waals surface area (Å²) in [5.41, 5.74) is 9.72. The van der Waals surface area contributed by atoms with E-state index < -0.39 is 5.97 Å². The molecular weight excluding hydrogens is 266 g/mol. The van der Waals surface area contributed by atoms with Gasteiger partial charge in [-0.2, -0.15) is 0 Å². The van der Waals surface area contributed by atoms with Crippen LogP contribution in [0.25, 0.3) is 0 Å². The number of hydrogen-bond donors (Lipinski definition) is 1. The second kappa shape index (κ2) is 5.87. The van der Waals surface area contributed by atoms with Gasteiger partial charge in [0.25, 0.3) is 0 Å². The number of nitrogen functional groups attached to an aromatic ring is 1. The van der Waals surface area contributed by atoms with Crippen molar-refractivity contribution in [2.75, 3.05) is 12.8 Å². The van der Waals surface area contributed by atoms with Gasteiger partial charge >= 0.3 is 5.97 Å². The van der Waals surface area contributed by atoms with Crippen LogP contribution < -0.4 is 10.5 Å². The van der Waals surface area contributed by atoms with Gasteiger partial charge in [0, 0.05) is 5.69 Å². The van der Waals surface area contributed by atoms with E-state index in [1.165, 1.54) is 7.11 Å². The lowest BCUT2D eigenvalue weighted by atomic mass is 10.1. The Bertz CT molecular complexity index is 693. The lowest BCUT2D eigenvalue weighted by Gasteiger charge is -2.14. The Morgan fingerprint density at radius 2 is 1.71 bits per heavy atom. The zero-order valence-electron chi connectivity index (χ0n) is 12.7. The van der Waals surface area contributed by atoms with Crippen LogP contribution in [0.15, 0.2) is 30.3 Å². The first-order valence-electron chi connectivity index (χ1n) is 6.66. The molecule has 0 aromatic heterocycles. The number of rotatable bonds is 3. The van der Waals surface area contributed by atoms with Crippen LogP contribution in [0.2, 0.25) is 0 Å². The van der Waals surface area contributed by atoms with Crippen LogP contribution in [-0.2, 0) is 4.74 Å². The smallest absolute Gasteiger partial charge is 0.340 e. The summed E-state index contributed by atoms with van der Waals surface area (Å²) < 4.78 is 10.7. The van der Waals surface area contributed by atoms with Gasteiger partial charge in [-0.1, -0.05) is 12.1 Å². The second-order valence-electron chi connectivity index (χ2n) is 5.00. The van der Waals surface area contributed by atoms with Crippen molar-refractivity contribution in [3.8, 4) is 11.5 Å². The molecule has 0 aliphatic heterocycles. The van der Waals surface area contributed by atoms with Crippen molar-refractivity contribution in [3.63, 3.8) is 0 Å². The summed E-state index contributed by atoms with van der Waals surface area (Å²) >= 11 is 0. The van der Waals surface area contributed by atoms with E-state index in [2.05, 4.69) is 6.07 Å². The standard InChI is InChI=1S/C17H19NO3/c1-10-5-6-11(2)16(12(10)3)21-13-7-8-15(18)14(9-13)17(19)20-4/h5-9H,18H2,1-4H3. The molecule has 4 nitrogen and oxygen atoms in total. The average molecular weight is 285 g/mol. The first-order valence-corrected chi connectivity index (χ1v) is 6.66. The van der Waals surface area contributed by atoms with Crippen molar-refractivity contribution in [3.05, 3.63) is 52.6 Å². The molecule has 2 N–H and O–H groups in total. The van der Waals surface area contributed by atoms with Crippen molar-refractivity contribution in [1.82, 2.24) is 0 Å². The molecule has 0 bridgehead atoms. The molecule has 0 saturated heterocycles. The highest BCUT2D eigenvalue weighted by molar-refractivity contribution is 5.95. The Balaban J connectivity index is 2.41. The van der Waals surface area contributed by atoms with Crippen molar-refractivity contribution in [2.24, 2.45) is 0 Å². The number of anilines is 1. The van der Waals surface area contributed by atoms with Gasteiger partial charge in [-0.3, -0.25) is 0 Å². The largest absolute Gasteiger partial charge is 0.465 e. The van der Waals surface area contributed by atoms with Gasteiger partial charge in [-0.05, 0) is 55.7 Å². The van der Waals surface area contributed by atoms with E-state index >= 15 is 0 Å². The monoisotopic (exact) mass is 285 g/mol. The third-order valence-electron chi connectivity index (χ3n) is 3.52. The summed E-state index contributed by atoms with van der Waals surface area (Å²) in [6.45, 7) is 6.03. The van der Waals surface area contributed by atoms with E-state index in [0.717, 1.165) is 22.4 Å². The topological polar surface area (TPSA) is 61.5 Å². The summed E-state index contributed by atoms with van der Waals surface area (Å²) in [6, 6.07) is 9.05. The Morgan fingerprint density at radius 1 is 1.05 bits per heavy atom. The fourth-order valence-electron chi connectivity index (χ4n) is 2.09. The van der Waals surface area contributed by atoms with Crippen LogP contribution in [0.4, 0.5) is 5.69 Å². The Hall–Kier alpha value is -2.49. The van der Waals surface area contributed by atoms with E-state index in [0.29, 0.717) is 17.0 Å². The van der Waals surface area contributed by atoms with Crippen LogP contribution in [0.5, 0.6) is 11.5 Å². The molecule has 0 atom stereocenters. The van der Waals surface area contributed by atoms with Gasteiger partial charge in [0.1, 0.15) is 11.5 Å². The highest BCUT2D eigenvalue weighted by Crippen LogP contribution is 2.32. The highest BCUT2D eigenvalue weighted by Gasteiger charge is 2.13. The molecule has 0 aliphatic rings. The fourth-order valence-corrected chi connectivity index (χ4v) is 2.09. The molecule has 110 valence electrons. The number of carbonyl (C=O) groups is 1. The number of carbonyl (C=O) groups excluding carboxylic acids is 1. The summed E-state index contributed by atoms with van der Waals surface area (Å²) in [6.07, 6.45) is 0. The van der Waals surface area contributed by atoms with Crippen LogP contribution >= 0.6 is 0 Å². The molecule has 4 heteroatoms. The number of benzene rings is 2. The first-order chi connectivity index (χ1) is 9.93. The maximum absolute atomic E-state index is 11.7. The van der Waals surface area contributed by atoms with Gasteiger partial charge in [0.05, 0.1) is 12.7 Å². The molecule has 0 heterocycles. The predicted octanol–water partition coefficient (Wildman–Crippen LogP) is 3.77. The molecule has 0 aliphatic carbocycles. The molecule has 0 unspecified atom stereocenters. The minimum atomic E-state index is -0.476. The van der Waals surface area contributed by atoms with Crippen LogP contribution in [-0.4, -0.2) is 13.1 Å². The van der Waals surface area contributed by atoms with E-state index in [9.17, 15) is 4.79 Å². The molecule has 2 aromatic carbocycles. The highest BCUT2D eigenvalue weighted by atomic mass is 16.5. The summed E-state index contributed by atoms with van der Waals surface area (Å²) in [7, 11) is 1.32. The Labute approximate surface area is 124 Å².